The average Bonchev–Trinajstić information content (AvgIpc) is 2.18. The van der Waals surface area contributed by atoms with Gasteiger partial charge in [0.2, 0.25) is 0 Å². The molecule has 0 aliphatic rings. The third-order valence-corrected chi connectivity index (χ3v) is 3.48. The van der Waals surface area contributed by atoms with Gasteiger partial charge in [0.15, 0.2) is 0 Å². The molecule has 1 aromatic carbocycles. The van der Waals surface area contributed by atoms with Crippen LogP contribution in [0.4, 0.5) is 5.69 Å². The Morgan fingerprint density at radius 2 is 1.58 bits per heavy atom. The Hall–Kier alpha value is -1.18. The van der Waals surface area contributed by atoms with Gasteiger partial charge in [-0.3, -0.25) is 0 Å². The van der Waals surface area contributed by atoms with Gasteiger partial charge in [-0.2, -0.15) is 0 Å². The Balaban J connectivity index is 3.66. The van der Waals surface area contributed by atoms with E-state index in [9.17, 15) is 5.11 Å². The molecule has 0 bridgehead atoms. The second kappa shape index (κ2) is 5.07. The van der Waals surface area contributed by atoms with Gasteiger partial charge < -0.3 is 10.4 Å². The summed E-state index contributed by atoms with van der Waals surface area (Å²) in [6.45, 7) is 17.9. The third-order valence-electron chi connectivity index (χ3n) is 3.48. The molecule has 0 saturated heterocycles. The van der Waals surface area contributed by atoms with Gasteiger partial charge in [-0.1, -0.05) is 41.5 Å². The van der Waals surface area contributed by atoms with E-state index < -0.39 is 0 Å². The summed E-state index contributed by atoms with van der Waals surface area (Å²) in [5.41, 5.74) is 4.21. The maximum absolute atomic E-state index is 10.7. The Bertz CT molecular complexity index is 462. The normalized spacial score (nSPS) is 12.6. The molecule has 19 heavy (non-hydrogen) atoms. The fraction of sp³-hybridized carbons (Fsp3) is 0.647. The first kappa shape index (κ1) is 15.9. The average molecular weight is 263 g/mol. The van der Waals surface area contributed by atoms with E-state index in [1.54, 1.807) is 0 Å². The molecule has 0 aromatic heterocycles. The summed E-state index contributed by atoms with van der Waals surface area (Å²) in [5.74, 6) is 0.458. The molecule has 0 amide bonds. The minimum Gasteiger partial charge on any atom is -0.507 e. The van der Waals surface area contributed by atoms with E-state index in [2.05, 4.69) is 66.8 Å². The zero-order valence-electron chi connectivity index (χ0n) is 13.7. The Morgan fingerprint density at radius 3 is 1.95 bits per heavy atom. The number of rotatable bonds is 2. The predicted octanol–water partition coefficient (Wildman–Crippen LogP) is 4.73. The van der Waals surface area contributed by atoms with Gasteiger partial charge >= 0.3 is 0 Å². The van der Waals surface area contributed by atoms with Crippen LogP contribution in [-0.4, -0.2) is 11.7 Å². The highest BCUT2D eigenvalue weighted by Gasteiger charge is 2.28. The minimum atomic E-state index is -0.0698. The van der Waals surface area contributed by atoms with Crippen LogP contribution < -0.4 is 5.32 Å². The summed E-state index contributed by atoms with van der Waals surface area (Å²) in [7, 11) is 0. The molecular weight excluding hydrogens is 234 g/mol. The maximum Gasteiger partial charge on any atom is 0.123 e. The van der Waals surface area contributed by atoms with Crippen molar-refractivity contribution in [1.29, 1.82) is 0 Å². The first-order chi connectivity index (χ1) is 8.50. The Morgan fingerprint density at radius 1 is 1.05 bits per heavy atom. The van der Waals surface area contributed by atoms with E-state index in [1.807, 2.05) is 0 Å². The van der Waals surface area contributed by atoms with E-state index in [-0.39, 0.29) is 10.8 Å². The number of aromatic hydroxyl groups is 1. The summed E-state index contributed by atoms with van der Waals surface area (Å²) in [6, 6.07) is 2.10. The first-order valence-electron chi connectivity index (χ1n) is 7.11. The van der Waals surface area contributed by atoms with Crippen LogP contribution in [0.1, 0.15) is 65.2 Å². The summed E-state index contributed by atoms with van der Waals surface area (Å²) < 4.78 is 0. The topological polar surface area (TPSA) is 32.3 Å². The van der Waals surface area contributed by atoms with Crippen LogP contribution in [0.25, 0.3) is 0 Å². The molecule has 0 saturated carbocycles. The van der Waals surface area contributed by atoms with E-state index in [0.29, 0.717) is 5.75 Å². The number of benzene rings is 1. The molecule has 108 valence electrons. The van der Waals surface area contributed by atoms with Gasteiger partial charge in [-0.25, -0.2) is 0 Å². The maximum atomic E-state index is 10.7. The van der Waals surface area contributed by atoms with Crippen molar-refractivity contribution in [2.75, 3.05) is 11.9 Å². The van der Waals surface area contributed by atoms with Crippen molar-refractivity contribution < 1.29 is 5.11 Å². The van der Waals surface area contributed by atoms with Crippen molar-refractivity contribution in [2.45, 2.75) is 66.2 Å². The zero-order valence-corrected chi connectivity index (χ0v) is 13.7. The van der Waals surface area contributed by atoms with Crippen molar-refractivity contribution in [3.05, 3.63) is 22.8 Å². The molecule has 0 aliphatic heterocycles. The van der Waals surface area contributed by atoms with Crippen LogP contribution in [0.3, 0.4) is 0 Å². The SMILES string of the molecule is CCNc1cc(C(C)(C)C)c(O)c(C(C)(C)C)c1C. The molecule has 0 fully saturated rings. The molecule has 1 rings (SSSR count). The highest BCUT2D eigenvalue weighted by Crippen LogP contribution is 2.43. The second-order valence-corrected chi connectivity index (χ2v) is 7.35. The van der Waals surface area contributed by atoms with Crippen molar-refractivity contribution in [3.63, 3.8) is 0 Å². The van der Waals surface area contributed by atoms with Gasteiger partial charge in [0, 0.05) is 23.4 Å². The second-order valence-electron chi connectivity index (χ2n) is 7.35. The lowest BCUT2D eigenvalue weighted by Crippen LogP contribution is -2.20. The van der Waals surface area contributed by atoms with Crippen LogP contribution in [-0.2, 0) is 10.8 Å². The lowest BCUT2D eigenvalue weighted by molar-refractivity contribution is 0.422. The molecule has 2 N–H and O–H groups in total. The monoisotopic (exact) mass is 263 g/mol. The lowest BCUT2D eigenvalue weighted by atomic mass is 9.77. The van der Waals surface area contributed by atoms with Crippen LogP contribution >= 0.6 is 0 Å². The standard InChI is InChI=1S/C17H29NO/c1-9-18-13-10-12(16(3,4)5)15(19)14(11(13)2)17(6,7)8/h10,18-19H,9H2,1-8H3. The molecule has 1 aromatic rings. The smallest absolute Gasteiger partial charge is 0.123 e. The lowest BCUT2D eigenvalue weighted by Gasteiger charge is -2.30. The molecule has 2 nitrogen and oxygen atoms in total. The summed E-state index contributed by atoms with van der Waals surface area (Å²) in [6.07, 6.45) is 0. The van der Waals surface area contributed by atoms with Gasteiger partial charge in [0.1, 0.15) is 5.75 Å². The third kappa shape index (κ3) is 3.23. The summed E-state index contributed by atoms with van der Waals surface area (Å²) in [4.78, 5) is 0. The fourth-order valence-electron chi connectivity index (χ4n) is 2.63. The molecule has 0 aliphatic carbocycles. The van der Waals surface area contributed by atoms with Gasteiger partial charge in [-0.15, -0.1) is 0 Å². The van der Waals surface area contributed by atoms with Crippen molar-refractivity contribution in [1.82, 2.24) is 0 Å². The van der Waals surface area contributed by atoms with E-state index in [1.165, 1.54) is 0 Å². The van der Waals surface area contributed by atoms with E-state index in [4.69, 9.17) is 0 Å². The molecular formula is C17H29NO. The number of phenols is 1. The largest absolute Gasteiger partial charge is 0.507 e. The van der Waals surface area contributed by atoms with E-state index >= 15 is 0 Å². The van der Waals surface area contributed by atoms with Crippen molar-refractivity contribution in [2.24, 2.45) is 0 Å². The number of phenolic OH excluding ortho intramolecular Hbond substituents is 1. The number of anilines is 1. The summed E-state index contributed by atoms with van der Waals surface area (Å²) >= 11 is 0. The summed E-state index contributed by atoms with van der Waals surface area (Å²) in [5, 5.41) is 14.1. The predicted molar refractivity (Wildman–Crippen MR) is 84.4 cm³/mol. The number of hydrogen-bond donors (Lipinski definition) is 2. The number of nitrogens with one attached hydrogen (secondary N) is 1. The first-order valence-corrected chi connectivity index (χ1v) is 7.11. The zero-order chi connectivity index (χ0) is 15.0. The Labute approximate surface area is 118 Å². The van der Waals surface area contributed by atoms with Gasteiger partial charge in [0.25, 0.3) is 0 Å². The van der Waals surface area contributed by atoms with Crippen LogP contribution in [0, 0.1) is 6.92 Å². The van der Waals surface area contributed by atoms with Gasteiger partial charge in [0.05, 0.1) is 0 Å². The fourth-order valence-corrected chi connectivity index (χ4v) is 2.63. The van der Waals surface area contributed by atoms with Crippen molar-refractivity contribution >= 4 is 5.69 Å². The Kier molecular flexibility index (Phi) is 4.23. The van der Waals surface area contributed by atoms with Crippen LogP contribution in [0.2, 0.25) is 0 Å². The molecule has 0 heterocycles. The molecule has 0 unspecified atom stereocenters. The minimum absolute atomic E-state index is 0.0675. The number of hydrogen-bond acceptors (Lipinski definition) is 2. The molecule has 0 spiro atoms. The highest BCUT2D eigenvalue weighted by atomic mass is 16.3. The quantitative estimate of drug-likeness (QED) is 0.756. The van der Waals surface area contributed by atoms with Crippen LogP contribution in [0.5, 0.6) is 5.75 Å². The van der Waals surface area contributed by atoms with Crippen molar-refractivity contribution in [3.8, 4) is 5.75 Å². The molecule has 0 radical (unpaired) electrons. The molecule has 0 atom stereocenters. The van der Waals surface area contributed by atoms with Gasteiger partial charge in [-0.05, 0) is 36.3 Å². The molecule has 2 heteroatoms. The van der Waals surface area contributed by atoms with Crippen LogP contribution in [0.15, 0.2) is 6.07 Å². The highest BCUT2D eigenvalue weighted by molar-refractivity contribution is 5.64. The van der Waals surface area contributed by atoms with E-state index in [0.717, 1.165) is 28.9 Å².